The second-order valence-electron chi connectivity index (χ2n) is 7.04. The molecule has 136 valence electrons. The molecular weight excluding hydrogens is 344 g/mol. The summed E-state index contributed by atoms with van der Waals surface area (Å²) < 4.78 is 24.7. The van der Waals surface area contributed by atoms with Crippen LogP contribution in [0.15, 0.2) is 36.0 Å². The lowest BCUT2D eigenvalue weighted by Gasteiger charge is -2.19. The molecule has 7 nitrogen and oxygen atoms in total. The van der Waals surface area contributed by atoms with E-state index in [1.54, 1.807) is 4.90 Å². The highest BCUT2D eigenvalue weighted by molar-refractivity contribution is 7.92. The van der Waals surface area contributed by atoms with Crippen molar-refractivity contribution in [1.29, 1.82) is 0 Å². The minimum atomic E-state index is -3.37. The average Bonchev–Trinajstić information content (AvgIpc) is 2.70. The summed E-state index contributed by atoms with van der Waals surface area (Å²) in [6, 6.07) is 6.10. The van der Waals surface area contributed by atoms with Crippen molar-refractivity contribution < 1.29 is 23.1 Å². The molecule has 0 saturated carbocycles. The third kappa shape index (κ3) is 5.60. The lowest BCUT2D eigenvalue weighted by Crippen LogP contribution is -2.28. The van der Waals surface area contributed by atoms with Crippen LogP contribution in [-0.2, 0) is 14.8 Å². The van der Waals surface area contributed by atoms with Gasteiger partial charge in [-0.25, -0.2) is 8.42 Å². The number of hydrogen-bond acceptors (Lipinski definition) is 5. The van der Waals surface area contributed by atoms with Gasteiger partial charge in [-0.1, -0.05) is 13.8 Å². The number of nitrogens with zero attached hydrogens (tertiary/aromatic N) is 1. The highest BCUT2D eigenvalue weighted by Gasteiger charge is 2.34. The zero-order valence-corrected chi connectivity index (χ0v) is 15.3. The monoisotopic (exact) mass is 366 g/mol. The van der Waals surface area contributed by atoms with E-state index >= 15 is 0 Å². The number of likely N-dealkylation sites (tertiary alicyclic amines) is 1. The molecule has 0 atom stereocenters. The second kappa shape index (κ2) is 6.87. The zero-order valence-electron chi connectivity index (χ0n) is 14.4. The molecule has 2 rings (SSSR count). The molecule has 0 radical (unpaired) electrons. The van der Waals surface area contributed by atoms with E-state index in [9.17, 15) is 18.0 Å². The maximum Gasteiger partial charge on any atom is 0.323 e. The van der Waals surface area contributed by atoms with Gasteiger partial charge in [0, 0.05) is 29.6 Å². The van der Waals surface area contributed by atoms with Crippen molar-refractivity contribution in [3.63, 3.8) is 0 Å². The first-order valence-corrected chi connectivity index (χ1v) is 9.64. The van der Waals surface area contributed by atoms with Gasteiger partial charge in [0.05, 0.1) is 6.26 Å². The Morgan fingerprint density at radius 2 is 1.88 bits per heavy atom. The largest absolute Gasteiger partial charge is 0.480 e. The lowest BCUT2D eigenvalue weighted by molar-refractivity contribution is -0.137. The molecule has 0 aliphatic carbocycles. The summed E-state index contributed by atoms with van der Waals surface area (Å²) in [4.78, 5) is 25.2. The molecule has 25 heavy (non-hydrogen) atoms. The first-order valence-electron chi connectivity index (χ1n) is 7.75. The molecule has 0 bridgehead atoms. The summed E-state index contributed by atoms with van der Waals surface area (Å²) in [5, 5.41) is 9.03. The summed E-state index contributed by atoms with van der Waals surface area (Å²) in [5.74, 6) is -1.18. The second-order valence-corrected chi connectivity index (χ2v) is 8.79. The van der Waals surface area contributed by atoms with Gasteiger partial charge in [-0.2, -0.15) is 0 Å². The third-order valence-corrected chi connectivity index (χ3v) is 4.39. The smallest absolute Gasteiger partial charge is 0.323 e. The Balaban J connectivity index is 2.19. The van der Waals surface area contributed by atoms with Crippen LogP contribution in [0.25, 0.3) is 0 Å². The maximum absolute atomic E-state index is 12.5. The molecule has 1 fully saturated rings. The summed E-state index contributed by atoms with van der Waals surface area (Å²) in [5.41, 5.74) is 1.40. The van der Waals surface area contributed by atoms with E-state index < -0.39 is 16.0 Å². The van der Waals surface area contributed by atoms with E-state index in [1.165, 1.54) is 30.3 Å². The fourth-order valence-corrected chi connectivity index (χ4v) is 3.45. The Morgan fingerprint density at radius 3 is 2.40 bits per heavy atom. The Morgan fingerprint density at radius 1 is 1.28 bits per heavy atom. The molecule has 1 aliphatic heterocycles. The standard InChI is InChI=1S/C17H22N2O5S/c1-17(2)9-14(19(11-17)10-16(21)22)8-15(20)12-4-6-13(7-5-12)18-25(3,23)24/h4-8,18H,9-11H2,1-3H3,(H,21,22)/b14-8+. The number of carbonyl (C=O) groups is 2. The number of carbonyl (C=O) groups excluding carboxylic acids is 1. The van der Waals surface area contributed by atoms with Crippen molar-refractivity contribution in [3.8, 4) is 0 Å². The molecule has 1 heterocycles. The predicted octanol–water partition coefficient (Wildman–Crippen LogP) is 1.94. The summed E-state index contributed by atoms with van der Waals surface area (Å²) in [7, 11) is -3.37. The Hall–Kier alpha value is -2.35. The van der Waals surface area contributed by atoms with Crippen LogP contribution in [0.3, 0.4) is 0 Å². The number of carboxylic acids is 1. The number of aliphatic carboxylic acids is 1. The molecule has 0 aromatic heterocycles. The molecule has 0 spiro atoms. The minimum absolute atomic E-state index is 0.0924. The van der Waals surface area contributed by atoms with Gasteiger partial charge in [-0.05, 0) is 36.1 Å². The van der Waals surface area contributed by atoms with E-state index in [0.717, 1.165) is 6.26 Å². The van der Waals surface area contributed by atoms with Crippen molar-refractivity contribution in [3.05, 3.63) is 41.6 Å². The molecule has 2 N–H and O–H groups in total. The Labute approximate surface area is 147 Å². The van der Waals surface area contributed by atoms with Gasteiger partial charge in [0.2, 0.25) is 10.0 Å². The maximum atomic E-state index is 12.5. The number of ketones is 1. The van der Waals surface area contributed by atoms with Crippen LogP contribution in [0.5, 0.6) is 0 Å². The SMILES string of the molecule is CC1(C)C/C(=C\C(=O)c2ccc(NS(C)(=O)=O)cc2)N(CC(=O)O)C1. The molecular formula is C17H22N2O5S. The van der Waals surface area contributed by atoms with Crippen LogP contribution in [0.4, 0.5) is 5.69 Å². The van der Waals surface area contributed by atoms with Crippen molar-refractivity contribution in [2.24, 2.45) is 5.41 Å². The van der Waals surface area contributed by atoms with E-state index in [4.69, 9.17) is 5.11 Å². The van der Waals surface area contributed by atoms with Gasteiger partial charge < -0.3 is 10.0 Å². The normalized spacial score (nSPS) is 18.4. The zero-order chi connectivity index (χ0) is 18.8. The van der Waals surface area contributed by atoms with Crippen LogP contribution < -0.4 is 4.72 Å². The number of sulfonamides is 1. The average molecular weight is 366 g/mol. The molecule has 8 heteroatoms. The third-order valence-electron chi connectivity index (χ3n) is 3.78. The molecule has 1 aromatic rings. The lowest BCUT2D eigenvalue weighted by atomic mass is 9.92. The number of nitrogens with one attached hydrogen (secondary N) is 1. The van der Waals surface area contributed by atoms with Gasteiger partial charge >= 0.3 is 5.97 Å². The molecule has 1 aromatic carbocycles. The molecule has 0 amide bonds. The van der Waals surface area contributed by atoms with E-state index in [1.807, 2.05) is 13.8 Å². The number of carboxylic acid groups (broad SMARTS) is 1. The van der Waals surface area contributed by atoms with Gasteiger partial charge in [0.25, 0.3) is 0 Å². The van der Waals surface area contributed by atoms with Crippen LogP contribution in [0.2, 0.25) is 0 Å². The fourth-order valence-electron chi connectivity index (χ4n) is 2.89. The van der Waals surface area contributed by atoms with Crippen LogP contribution >= 0.6 is 0 Å². The van der Waals surface area contributed by atoms with E-state index in [0.29, 0.717) is 29.9 Å². The quantitative estimate of drug-likeness (QED) is 0.589. The summed E-state index contributed by atoms with van der Waals surface area (Å²) >= 11 is 0. The van der Waals surface area contributed by atoms with Gasteiger partial charge in [-0.3, -0.25) is 14.3 Å². The molecule has 0 unspecified atom stereocenters. The fraction of sp³-hybridized carbons (Fsp3) is 0.412. The van der Waals surface area contributed by atoms with Gasteiger partial charge in [0.15, 0.2) is 5.78 Å². The van der Waals surface area contributed by atoms with Crippen molar-refractivity contribution >= 4 is 27.5 Å². The van der Waals surface area contributed by atoms with Crippen molar-refractivity contribution in [2.75, 3.05) is 24.1 Å². The topological polar surface area (TPSA) is 104 Å². The summed E-state index contributed by atoms with van der Waals surface area (Å²) in [6.07, 6.45) is 3.14. The van der Waals surface area contributed by atoms with E-state index in [2.05, 4.69) is 4.72 Å². The van der Waals surface area contributed by atoms with Crippen LogP contribution in [0, 0.1) is 5.41 Å². The highest BCUT2D eigenvalue weighted by atomic mass is 32.2. The van der Waals surface area contributed by atoms with Gasteiger partial charge in [-0.15, -0.1) is 0 Å². The first-order chi connectivity index (χ1) is 11.5. The van der Waals surface area contributed by atoms with Crippen LogP contribution in [-0.4, -0.2) is 49.5 Å². The Bertz CT molecular complexity index is 810. The number of allylic oxidation sites excluding steroid dienone is 2. The minimum Gasteiger partial charge on any atom is -0.480 e. The van der Waals surface area contributed by atoms with Crippen molar-refractivity contribution in [1.82, 2.24) is 4.90 Å². The van der Waals surface area contributed by atoms with E-state index in [-0.39, 0.29) is 17.7 Å². The predicted molar refractivity (Wildman–Crippen MR) is 94.9 cm³/mol. The number of rotatable bonds is 6. The van der Waals surface area contributed by atoms with Crippen LogP contribution in [0.1, 0.15) is 30.6 Å². The number of anilines is 1. The first kappa shape index (κ1) is 19.0. The summed E-state index contributed by atoms with van der Waals surface area (Å²) in [6.45, 7) is 4.49. The van der Waals surface area contributed by atoms with Crippen molar-refractivity contribution in [2.45, 2.75) is 20.3 Å². The molecule has 1 saturated heterocycles. The Kier molecular flexibility index (Phi) is 5.22. The number of hydrogen-bond donors (Lipinski definition) is 2. The van der Waals surface area contributed by atoms with Gasteiger partial charge in [0.1, 0.15) is 6.54 Å². The molecule has 1 aliphatic rings. The number of benzene rings is 1. The highest BCUT2D eigenvalue weighted by Crippen LogP contribution is 2.36.